The SMILES string of the molecule is CN(C)NC(=O)c1nn(C)cc1N. The van der Waals surface area contributed by atoms with Gasteiger partial charge in [0, 0.05) is 27.3 Å². The van der Waals surface area contributed by atoms with Crippen LogP contribution in [0.15, 0.2) is 6.20 Å². The van der Waals surface area contributed by atoms with Crippen molar-refractivity contribution in [2.45, 2.75) is 0 Å². The first-order valence-corrected chi connectivity index (χ1v) is 3.78. The van der Waals surface area contributed by atoms with Gasteiger partial charge < -0.3 is 5.73 Å². The molecular formula is C7H13N5O. The molecule has 0 fully saturated rings. The largest absolute Gasteiger partial charge is 0.396 e. The molecule has 1 heterocycles. The Bertz CT molecular complexity index is 317. The molecule has 3 N–H and O–H groups in total. The highest BCUT2D eigenvalue weighted by Gasteiger charge is 2.13. The van der Waals surface area contributed by atoms with E-state index in [0.717, 1.165) is 0 Å². The fourth-order valence-corrected chi connectivity index (χ4v) is 0.939. The highest BCUT2D eigenvalue weighted by atomic mass is 16.2. The smallest absolute Gasteiger partial charge is 0.288 e. The van der Waals surface area contributed by atoms with Crippen LogP contribution in [0.4, 0.5) is 5.69 Å². The molecule has 0 aliphatic carbocycles. The number of nitrogens with one attached hydrogen (secondary N) is 1. The van der Waals surface area contributed by atoms with Gasteiger partial charge in [-0.15, -0.1) is 0 Å². The number of nitrogens with two attached hydrogens (primary N) is 1. The van der Waals surface area contributed by atoms with E-state index in [0.29, 0.717) is 5.69 Å². The Morgan fingerprint density at radius 2 is 2.31 bits per heavy atom. The second-order valence-electron chi connectivity index (χ2n) is 2.94. The molecule has 6 heteroatoms. The number of aromatic nitrogens is 2. The van der Waals surface area contributed by atoms with Crippen molar-refractivity contribution in [1.82, 2.24) is 20.2 Å². The van der Waals surface area contributed by atoms with Crippen molar-refractivity contribution in [2.75, 3.05) is 19.8 Å². The van der Waals surface area contributed by atoms with Crippen molar-refractivity contribution < 1.29 is 4.79 Å². The summed E-state index contributed by atoms with van der Waals surface area (Å²) in [5, 5.41) is 5.45. The van der Waals surface area contributed by atoms with E-state index >= 15 is 0 Å². The van der Waals surface area contributed by atoms with Crippen LogP contribution in [0.3, 0.4) is 0 Å². The van der Waals surface area contributed by atoms with Crippen molar-refractivity contribution in [3.8, 4) is 0 Å². The van der Waals surface area contributed by atoms with Gasteiger partial charge in [-0.2, -0.15) is 5.10 Å². The summed E-state index contributed by atoms with van der Waals surface area (Å²) in [6.45, 7) is 0. The Morgan fingerprint density at radius 1 is 1.69 bits per heavy atom. The molecule has 0 bridgehead atoms. The predicted octanol–water partition coefficient (Wildman–Crippen LogP) is -0.791. The maximum atomic E-state index is 11.4. The fraction of sp³-hybridized carbons (Fsp3) is 0.429. The van der Waals surface area contributed by atoms with Crippen molar-refractivity contribution in [1.29, 1.82) is 0 Å². The normalized spacial score (nSPS) is 10.5. The minimum absolute atomic E-state index is 0.246. The van der Waals surface area contributed by atoms with Gasteiger partial charge in [0.15, 0.2) is 5.69 Å². The van der Waals surface area contributed by atoms with E-state index in [1.807, 2.05) is 0 Å². The lowest BCUT2D eigenvalue weighted by Gasteiger charge is -2.10. The Kier molecular flexibility index (Phi) is 2.52. The molecule has 0 saturated carbocycles. The Hall–Kier alpha value is -1.56. The third-order valence-electron chi connectivity index (χ3n) is 1.40. The Labute approximate surface area is 76.3 Å². The second-order valence-corrected chi connectivity index (χ2v) is 2.94. The van der Waals surface area contributed by atoms with Crippen LogP contribution in [-0.4, -0.2) is 34.8 Å². The van der Waals surface area contributed by atoms with Gasteiger partial charge in [-0.05, 0) is 0 Å². The van der Waals surface area contributed by atoms with Crippen LogP contribution in [-0.2, 0) is 7.05 Å². The molecular weight excluding hydrogens is 170 g/mol. The number of hydrazine groups is 1. The van der Waals surface area contributed by atoms with Crippen molar-refractivity contribution in [2.24, 2.45) is 7.05 Å². The summed E-state index contributed by atoms with van der Waals surface area (Å²) in [7, 11) is 5.15. The summed E-state index contributed by atoms with van der Waals surface area (Å²) in [6.07, 6.45) is 1.59. The molecule has 0 aromatic carbocycles. The number of carbonyl (C=O) groups excluding carboxylic acids is 1. The van der Waals surface area contributed by atoms with Crippen LogP contribution in [0.2, 0.25) is 0 Å². The van der Waals surface area contributed by atoms with Crippen LogP contribution in [0.5, 0.6) is 0 Å². The maximum absolute atomic E-state index is 11.4. The predicted molar refractivity (Wildman–Crippen MR) is 48.8 cm³/mol. The number of nitrogen functional groups attached to an aromatic ring is 1. The van der Waals surface area contributed by atoms with E-state index in [1.165, 1.54) is 9.69 Å². The molecule has 13 heavy (non-hydrogen) atoms. The maximum Gasteiger partial charge on any atom is 0.288 e. The minimum atomic E-state index is -0.303. The average Bonchev–Trinajstić information content (AvgIpc) is 2.28. The van der Waals surface area contributed by atoms with Crippen LogP contribution < -0.4 is 11.2 Å². The number of anilines is 1. The van der Waals surface area contributed by atoms with Gasteiger partial charge in [-0.25, -0.2) is 5.01 Å². The van der Waals surface area contributed by atoms with Crippen LogP contribution in [0.1, 0.15) is 10.5 Å². The lowest BCUT2D eigenvalue weighted by Crippen LogP contribution is -2.36. The first-order chi connectivity index (χ1) is 6.00. The van der Waals surface area contributed by atoms with Crippen molar-refractivity contribution >= 4 is 11.6 Å². The molecule has 6 nitrogen and oxygen atoms in total. The highest BCUT2D eigenvalue weighted by molar-refractivity contribution is 5.96. The van der Waals surface area contributed by atoms with Gasteiger partial charge in [0.05, 0.1) is 5.69 Å². The molecule has 0 atom stereocenters. The van der Waals surface area contributed by atoms with Gasteiger partial charge in [-0.1, -0.05) is 0 Å². The van der Waals surface area contributed by atoms with Crippen LogP contribution in [0.25, 0.3) is 0 Å². The van der Waals surface area contributed by atoms with E-state index < -0.39 is 0 Å². The first kappa shape index (κ1) is 9.53. The molecule has 0 saturated heterocycles. The van der Waals surface area contributed by atoms with E-state index in [9.17, 15) is 4.79 Å². The number of hydrogen-bond acceptors (Lipinski definition) is 4. The zero-order chi connectivity index (χ0) is 10.0. The van der Waals surface area contributed by atoms with Crippen molar-refractivity contribution in [3.63, 3.8) is 0 Å². The number of carbonyl (C=O) groups is 1. The third-order valence-corrected chi connectivity index (χ3v) is 1.40. The minimum Gasteiger partial charge on any atom is -0.396 e. The lowest BCUT2D eigenvalue weighted by atomic mass is 10.4. The van der Waals surface area contributed by atoms with Gasteiger partial charge >= 0.3 is 0 Å². The van der Waals surface area contributed by atoms with Gasteiger partial charge in [0.1, 0.15) is 0 Å². The molecule has 0 aliphatic rings. The molecule has 0 aliphatic heterocycles. The Morgan fingerprint density at radius 3 is 2.69 bits per heavy atom. The summed E-state index contributed by atoms with van der Waals surface area (Å²) in [5.74, 6) is -0.303. The first-order valence-electron chi connectivity index (χ1n) is 3.78. The van der Waals surface area contributed by atoms with E-state index in [2.05, 4.69) is 10.5 Å². The van der Waals surface area contributed by atoms with Gasteiger partial charge in [0.2, 0.25) is 0 Å². The average molecular weight is 183 g/mol. The monoisotopic (exact) mass is 183 g/mol. The van der Waals surface area contributed by atoms with E-state index in [4.69, 9.17) is 5.73 Å². The summed E-state index contributed by atoms with van der Waals surface area (Å²) in [5.41, 5.74) is 8.73. The topological polar surface area (TPSA) is 76.2 Å². The summed E-state index contributed by atoms with van der Waals surface area (Å²) in [6, 6.07) is 0. The summed E-state index contributed by atoms with van der Waals surface area (Å²) >= 11 is 0. The molecule has 0 spiro atoms. The second kappa shape index (κ2) is 3.44. The molecule has 0 unspecified atom stereocenters. The molecule has 1 rings (SSSR count). The van der Waals surface area contributed by atoms with E-state index in [-0.39, 0.29) is 11.6 Å². The highest BCUT2D eigenvalue weighted by Crippen LogP contribution is 2.07. The summed E-state index contributed by atoms with van der Waals surface area (Å²) in [4.78, 5) is 11.4. The Balaban J connectivity index is 2.82. The number of nitrogens with zero attached hydrogens (tertiary/aromatic N) is 3. The molecule has 1 amide bonds. The van der Waals surface area contributed by atoms with Gasteiger partial charge in [0.25, 0.3) is 5.91 Å². The molecule has 72 valence electrons. The van der Waals surface area contributed by atoms with Crippen LogP contribution in [0, 0.1) is 0 Å². The third kappa shape index (κ3) is 2.19. The molecule has 1 aromatic rings. The quantitative estimate of drug-likeness (QED) is 0.589. The number of amides is 1. The molecule has 0 radical (unpaired) electrons. The summed E-state index contributed by atoms with van der Waals surface area (Å²) < 4.78 is 1.50. The fourth-order valence-electron chi connectivity index (χ4n) is 0.939. The number of aryl methyl sites for hydroxylation is 1. The zero-order valence-electron chi connectivity index (χ0n) is 7.90. The van der Waals surface area contributed by atoms with Crippen molar-refractivity contribution in [3.05, 3.63) is 11.9 Å². The molecule has 1 aromatic heterocycles. The van der Waals surface area contributed by atoms with Gasteiger partial charge in [-0.3, -0.25) is 14.9 Å². The standard InChI is InChI=1S/C7H13N5O/c1-11(2)10-7(13)6-5(8)4-12(3)9-6/h4H,8H2,1-3H3,(H,10,13). The van der Waals surface area contributed by atoms with E-state index in [1.54, 1.807) is 27.3 Å². The lowest BCUT2D eigenvalue weighted by molar-refractivity contribution is 0.0851. The number of hydrogen-bond donors (Lipinski definition) is 2. The zero-order valence-corrected chi connectivity index (χ0v) is 7.90. The number of rotatable bonds is 2. The van der Waals surface area contributed by atoms with Crippen LogP contribution >= 0.6 is 0 Å².